The first-order valence-electron chi connectivity index (χ1n) is 13.9. The summed E-state index contributed by atoms with van der Waals surface area (Å²) >= 11 is -1.16. The van der Waals surface area contributed by atoms with Crippen LogP contribution >= 0.6 is 0 Å². The number of hydrogen-bond donors (Lipinski definition) is 0. The van der Waals surface area contributed by atoms with Gasteiger partial charge in [0.2, 0.25) is 0 Å². The second kappa shape index (κ2) is 10.7. The molecule has 0 spiro atoms. The van der Waals surface area contributed by atoms with E-state index in [0.29, 0.717) is 15.5 Å². The maximum absolute atomic E-state index is 2.56. The van der Waals surface area contributed by atoms with Crippen LogP contribution in [0, 0.1) is 0 Å². The summed E-state index contributed by atoms with van der Waals surface area (Å²) in [5, 5.41) is 0. The molecular formula is C37H35Zr. The Bertz CT molecular complexity index is 1520. The van der Waals surface area contributed by atoms with Crippen LogP contribution in [0.1, 0.15) is 88.5 Å². The summed E-state index contributed by atoms with van der Waals surface area (Å²) < 4.78 is 2.07. The molecule has 0 bridgehead atoms. The van der Waals surface area contributed by atoms with Crippen LogP contribution in [0.2, 0.25) is 0 Å². The number of hydrogen-bond acceptors (Lipinski definition) is 0. The van der Waals surface area contributed by atoms with Gasteiger partial charge in [0.1, 0.15) is 0 Å². The van der Waals surface area contributed by atoms with Crippen molar-refractivity contribution in [2.24, 2.45) is 0 Å². The molecule has 4 aromatic carbocycles. The van der Waals surface area contributed by atoms with Crippen LogP contribution in [0.15, 0.2) is 109 Å². The Balaban J connectivity index is 1.71. The Morgan fingerprint density at radius 1 is 0.711 bits per heavy atom. The molecule has 1 unspecified atom stereocenters. The van der Waals surface area contributed by atoms with Gasteiger partial charge in [0.25, 0.3) is 0 Å². The van der Waals surface area contributed by atoms with Gasteiger partial charge in [-0.3, -0.25) is 0 Å². The van der Waals surface area contributed by atoms with Crippen molar-refractivity contribution in [1.29, 1.82) is 0 Å². The average molecular weight is 571 g/mol. The fourth-order valence-corrected chi connectivity index (χ4v) is 10.6. The van der Waals surface area contributed by atoms with Gasteiger partial charge < -0.3 is 0 Å². The van der Waals surface area contributed by atoms with Crippen molar-refractivity contribution in [1.82, 2.24) is 0 Å². The number of allylic oxidation sites excluding steroid dienone is 4. The van der Waals surface area contributed by atoms with Gasteiger partial charge in [-0.2, -0.15) is 0 Å². The van der Waals surface area contributed by atoms with E-state index in [0.717, 1.165) is 6.42 Å². The Kier molecular flexibility index (Phi) is 7.15. The number of fused-ring (bicyclic) bond motifs is 3. The second-order valence-corrected chi connectivity index (χ2v) is 14.5. The van der Waals surface area contributed by atoms with Gasteiger partial charge in [-0.25, -0.2) is 0 Å². The van der Waals surface area contributed by atoms with Crippen molar-refractivity contribution < 1.29 is 22.8 Å². The third-order valence-electron chi connectivity index (χ3n) is 8.01. The molecule has 0 aliphatic heterocycles. The third kappa shape index (κ3) is 4.50. The van der Waals surface area contributed by atoms with Crippen LogP contribution in [0.5, 0.6) is 0 Å². The quantitative estimate of drug-likeness (QED) is 0.216. The van der Waals surface area contributed by atoms with Gasteiger partial charge in [-0.05, 0) is 0 Å². The molecule has 1 atom stereocenters. The molecule has 38 heavy (non-hydrogen) atoms. The van der Waals surface area contributed by atoms with Gasteiger partial charge in [0, 0.05) is 0 Å². The van der Waals surface area contributed by atoms with E-state index >= 15 is 0 Å². The Labute approximate surface area is 239 Å². The van der Waals surface area contributed by atoms with E-state index in [1.165, 1.54) is 39.0 Å². The first-order valence-corrected chi connectivity index (χ1v) is 16.6. The summed E-state index contributed by atoms with van der Waals surface area (Å²) in [6.45, 7) is 9.50. The molecule has 1 heteroatoms. The molecule has 0 N–H and O–H groups in total. The average Bonchev–Trinajstić information content (AvgIpc) is 3.59. The zero-order valence-electron chi connectivity index (χ0n) is 22.8. The third-order valence-corrected chi connectivity index (χ3v) is 12.3. The molecule has 0 heterocycles. The zero-order chi connectivity index (χ0) is 26.2. The molecule has 0 saturated heterocycles. The predicted molar refractivity (Wildman–Crippen MR) is 160 cm³/mol. The van der Waals surface area contributed by atoms with Crippen molar-refractivity contribution in [3.05, 3.63) is 148 Å². The standard InChI is InChI=1S/C24H25.C13H10.Zr/c1-15(2)20-14-21(16(3)4)24-19-12-8-7-11-18(19)13-22(24)23(20)17-9-5-6-10-17;1-3-7-12(8-4-1)11-13-9-5-2-6-10-13;/h5-9,11-16H,10H2,1-4H3;1-10H;. The number of benzene rings is 4. The van der Waals surface area contributed by atoms with Crippen LogP contribution in [0.4, 0.5) is 0 Å². The van der Waals surface area contributed by atoms with Gasteiger partial charge >= 0.3 is 240 Å². The van der Waals surface area contributed by atoms with E-state index in [1.807, 2.05) is 0 Å². The van der Waals surface area contributed by atoms with Gasteiger partial charge in [0.05, 0.1) is 0 Å². The minimum absolute atomic E-state index is 0.480. The molecule has 2 aliphatic rings. The maximum atomic E-state index is 2.56. The first-order chi connectivity index (χ1) is 18.5. The summed E-state index contributed by atoms with van der Waals surface area (Å²) in [5.41, 5.74) is 15.1. The predicted octanol–water partition coefficient (Wildman–Crippen LogP) is 9.70. The molecule has 0 fully saturated rings. The van der Waals surface area contributed by atoms with E-state index in [1.54, 1.807) is 19.9 Å². The summed E-state index contributed by atoms with van der Waals surface area (Å²) in [4.78, 5) is 0. The summed E-state index contributed by atoms with van der Waals surface area (Å²) in [6, 6.07) is 34.2. The van der Waals surface area contributed by atoms with Gasteiger partial charge in [-0.1, -0.05) is 0 Å². The van der Waals surface area contributed by atoms with E-state index in [4.69, 9.17) is 0 Å². The first kappa shape index (κ1) is 25.4. The van der Waals surface area contributed by atoms with E-state index in [-0.39, 0.29) is 0 Å². The second-order valence-electron chi connectivity index (χ2n) is 11.1. The number of rotatable bonds is 6. The molecule has 0 radical (unpaired) electrons. The normalized spacial score (nSPS) is 15.4. The Morgan fingerprint density at radius 2 is 1.29 bits per heavy atom. The van der Waals surface area contributed by atoms with Crippen LogP contribution in [0.25, 0.3) is 16.7 Å². The fraction of sp³-hybridized carbons (Fsp3) is 0.216. The van der Waals surface area contributed by atoms with E-state index in [9.17, 15) is 0 Å². The van der Waals surface area contributed by atoms with Crippen molar-refractivity contribution in [2.45, 2.75) is 49.6 Å². The van der Waals surface area contributed by atoms with Gasteiger partial charge in [0.15, 0.2) is 0 Å². The van der Waals surface area contributed by atoms with E-state index < -0.39 is 22.8 Å². The molecule has 0 saturated carbocycles. The topological polar surface area (TPSA) is 0 Å². The monoisotopic (exact) mass is 569 g/mol. The van der Waals surface area contributed by atoms with Crippen LogP contribution < -0.4 is 0 Å². The SMILES string of the molecule is CC(C)c1cc(C(C)C)c2c(c1C1=CC=CC1)[CH]([Zr]=[C](c1ccccc1)c1ccccc1)c1ccccc1-2. The molecule has 4 aromatic rings. The minimum atomic E-state index is -1.16. The molecular weight excluding hydrogens is 536 g/mol. The fourth-order valence-electron chi connectivity index (χ4n) is 6.21. The summed E-state index contributed by atoms with van der Waals surface area (Å²) in [7, 11) is 0. The molecule has 6 rings (SSSR count). The van der Waals surface area contributed by atoms with Crippen LogP contribution in [0.3, 0.4) is 0 Å². The van der Waals surface area contributed by atoms with Crippen LogP contribution in [-0.2, 0) is 22.8 Å². The van der Waals surface area contributed by atoms with Crippen molar-refractivity contribution in [3.8, 4) is 11.1 Å². The summed E-state index contributed by atoms with van der Waals surface area (Å²) in [5.74, 6) is 0.964. The molecule has 0 nitrogen and oxygen atoms in total. The Hall–Kier alpha value is -2.89. The van der Waals surface area contributed by atoms with Crippen LogP contribution in [-0.4, -0.2) is 3.21 Å². The molecule has 0 amide bonds. The van der Waals surface area contributed by atoms with Gasteiger partial charge in [-0.15, -0.1) is 0 Å². The van der Waals surface area contributed by atoms with Crippen molar-refractivity contribution >= 4 is 8.78 Å². The summed E-state index contributed by atoms with van der Waals surface area (Å²) in [6.07, 6.45) is 7.99. The Morgan fingerprint density at radius 3 is 1.87 bits per heavy atom. The molecule has 187 valence electrons. The molecule has 2 aliphatic carbocycles. The van der Waals surface area contributed by atoms with Crippen molar-refractivity contribution in [3.63, 3.8) is 0 Å². The van der Waals surface area contributed by atoms with E-state index in [2.05, 4.69) is 137 Å². The zero-order valence-corrected chi connectivity index (χ0v) is 25.3. The van der Waals surface area contributed by atoms with Crippen molar-refractivity contribution in [2.75, 3.05) is 0 Å². The molecule has 0 aromatic heterocycles.